The van der Waals surface area contributed by atoms with Crippen LogP contribution in [0.1, 0.15) is 0 Å². The fourth-order valence-corrected chi connectivity index (χ4v) is 8.74. The lowest BCUT2D eigenvalue weighted by Gasteiger charge is -2.26. The minimum atomic E-state index is 0.627. The molecule has 272 valence electrons. The van der Waals surface area contributed by atoms with Gasteiger partial charge >= 0.3 is 0 Å². The third kappa shape index (κ3) is 5.07. The largest absolute Gasteiger partial charge is 0.456 e. The summed E-state index contributed by atoms with van der Waals surface area (Å²) in [5.74, 6) is 0.627. The minimum absolute atomic E-state index is 0.627. The molecule has 3 aromatic heterocycles. The molecule has 0 aliphatic carbocycles. The summed E-state index contributed by atoms with van der Waals surface area (Å²) in [7, 11) is 0. The highest BCUT2D eigenvalue weighted by molar-refractivity contribution is 6.11. The van der Waals surface area contributed by atoms with Crippen molar-refractivity contribution in [2.45, 2.75) is 0 Å². The van der Waals surface area contributed by atoms with Crippen LogP contribution in [0.5, 0.6) is 0 Å². The highest BCUT2D eigenvalue weighted by atomic mass is 16.3. The van der Waals surface area contributed by atoms with Crippen molar-refractivity contribution in [1.29, 1.82) is 0 Å². The van der Waals surface area contributed by atoms with Crippen LogP contribution in [0.4, 0.5) is 17.1 Å². The molecular weight excluding hydrogens is 711 g/mol. The van der Waals surface area contributed by atoms with E-state index >= 15 is 0 Å². The quantitative estimate of drug-likeness (QED) is 0.170. The predicted molar refractivity (Wildman–Crippen MR) is 239 cm³/mol. The molecule has 12 aromatic rings. The number of para-hydroxylation sites is 3. The second-order valence-corrected chi connectivity index (χ2v) is 14.7. The lowest BCUT2D eigenvalue weighted by atomic mass is 9.97. The van der Waals surface area contributed by atoms with Crippen molar-refractivity contribution in [2.75, 3.05) is 4.90 Å². The molecule has 0 radical (unpaired) electrons. The Hall–Kier alpha value is -7.89. The number of benzene rings is 9. The number of nitrogens with zero attached hydrogens (tertiary/aromatic N) is 3. The SMILES string of the molecule is c1ccc(-c2nc3ccc4c(-c5ccc(N(c6ccc(-n7c8ccccc8c8ccccc87)cc6)c6ccc7oc8ccccc8c7c6)cc5)cccc4c3o2)cc1. The van der Waals surface area contributed by atoms with Crippen LogP contribution in [0.15, 0.2) is 209 Å². The number of fused-ring (bicyclic) bond motifs is 9. The second-order valence-electron chi connectivity index (χ2n) is 14.7. The second kappa shape index (κ2) is 12.8. The van der Waals surface area contributed by atoms with Crippen LogP contribution in [-0.4, -0.2) is 9.55 Å². The molecule has 0 fully saturated rings. The molecular formula is C53H33N3O2. The van der Waals surface area contributed by atoms with Crippen molar-refractivity contribution in [1.82, 2.24) is 9.55 Å². The van der Waals surface area contributed by atoms with E-state index < -0.39 is 0 Å². The third-order valence-corrected chi connectivity index (χ3v) is 11.4. The molecule has 0 N–H and O–H groups in total. The van der Waals surface area contributed by atoms with E-state index in [1.54, 1.807) is 0 Å². The summed E-state index contributed by atoms with van der Waals surface area (Å²) in [6.45, 7) is 0. The van der Waals surface area contributed by atoms with E-state index in [4.69, 9.17) is 13.8 Å². The van der Waals surface area contributed by atoms with E-state index in [2.05, 4.69) is 167 Å². The molecule has 58 heavy (non-hydrogen) atoms. The summed E-state index contributed by atoms with van der Waals surface area (Å²) in [5, 5.41) is 6.84. The van der Waals surface area contributed by atoms with Gasteiger partial charge in [-0.05, 0) is 108 Å². The summed E-state index contributed by atoms with van der Waals surface area (Å²) < 4.78 is 15.0. The van der Waals surface area contributed by atoms with E-state index in [0.717, 1.165) is 83.3 Å². The van der Waals surface area contributed by atoms with Gasteiger partial charge in [0, 0.05) is 55.2 Å². The van der Waals surface area contributed by atoms with Gasteiger partial charge in [-0.25, -0.2) is 4.98 Å². The first kappa shape index (κ1) is 32.4. The molecule has 9 aromatic carbocycles. The number of oxazole rings is 1. The number of hydrogen-bond donors (Lipinski definition) is 0. The minimum Gasteiger partial charge on any atom is -0.456 e. The molecule has 0 amide bonds. The zero-order valence-electron chi connectivity index (χ0n) is 31.2. The van der Waals surface area contributed by atoms with Gasteiger partial charge in [0.15, 0.2) is 5.58 Å². The zero-order valence-corrected chi connectivity index (χ0v) is 31.2. The van der Waals surface area contributed by atoms with Gasteiger partial charge in [0.2, 0.25) is 5.89 Å². The van der Waals surface area contributed by atoms with Crippen LogP contribution >= 0.6 is 0 Å². The van der Waals surface area contributed by atoms with Crippen LogP contribution in [-0.2, 0) is 0 Å². The summed E-state index contributed by atoms with van der Waals surface area (Å²) in [6.07, 6.45) is 0. The summed E-state index contributed by atoms with van der Waals surface area (Å²) in [4.78, 5) is 7.15. The number of hydrogen-bond acceptors (Lipinski definition) is 4. The Balaban J connectivity index is 0.974. The van der Waals surface area contributed by atoms with Crippen molar-refractivity contribution in [2.24, 2.45) is 0 Å². The van der Waals surface area contributed by atoms with Gasteiger partial charge in [-0.2, -0.15) is 0 Å². The molecule has 0 spiro atoms. The average Bonchev–Trinajstić information content (AvgIpc) is 4.00. The lowest BCUT2D eigenvalue weighted by Crippen LogP contribution is -2.10. The molecule has 3 heterocycles. The molecule has 0 unspecified atom stereocenters. The van der Waals surface area contributed by atoms with Gasteiger partial charge in [-0.1, -0.05) is 109 Å². The standard InChI is InChI=1S/C53H33N3O2/c1-2-11-35(12-3-1)53-54-47-31-30-41-40(16-10-17-45(41)52(47)58-53)34-21-23-36(24-22-34)55(39-29-32-51-46(33-39)44-15-6-9-20-50(44)57-51)37-25-27-38(28-26-37)56-48-18-7-4-13-42(48)43-14-5-8-19-49(43)56/h1-33H. The average molecular weight is 744 g/mol. The Labute approximate surface area is 333 Å². The molecule has 0 atom stereocenters. The Morgan fingerprint density at radius 3 is 1.78 bits per heavy atom. The first-order valence-corrected chi connectivity index (χ1v) is 19.5. The van der Waals surface area contributed by atoms with E-state index in [-0.39, 0.29) is 0 Å². The topological polar surface area (TPSA) is 47.3 Å². The molecule has 0 saturated carbocycles. The van der Waals surface area contributed by atoms with Gasteiger partial charge < -0.3 is 18.3 Å². The Morgan fingerprint density at radius 1 is 0.397 bits per heavy atom. The normalized spacial score (nSPS) is 11.8. The van der Waals surface area contributed by atoms with Crippen molar-refractivity contribution in [3.63, 3.8) is 0 Å². The zero-order chi connectivity index (χ0) is 38.2. The van der Waals surface area contributed by atoms with Crippen molar-refractivity contribution in [3.8, 4) is 28.3 Å². The number of rotatable bonds is 6. The summed E-state index contributed by atoms with van der Waals surface area (Å²) in [5.41, 5.74) is 13.3. The van der Waals surface area contributed by atoms with Gasteiger partial charge in [-0.3, -0.25) is 0 Å². The Morgan fingerprint density at radius 2 is 1.02 bits per heavy atom. The van der Waals surface area contributed by atoms with E-state index in [1.807, 2.05) is 42.5 Å². The number of anilines is 3. The smallest absolute Gasteiger partial charge is 0.227 e. The van der Waals surface area contributed by atoms with E-state index in [0.29, 0.717) is 5.89 Å². The van der Waals surface area contributed by atoms with Gasteiger partial charge in [0.1, 0.15) is 16.7 Å². The van der Waals surface area contributed by atoms with Gasteiger partial charge in [0.25, 0.3) is 0 Å². The van der Waals surface area contributed by atoms with Crippen LogP contribution in [0, 0.1) is 0 Å². The van der Waals surface area contributed by atoms with Gasteiger partial charge in [0.05, 0.1) is 11.0 Å². The van der Waals surface area contributed by atoms with Crippen molar-refractivity contribution in [3.05, 3.63) is 200 Å². The van der Waals surface area contributed by atoms with Crippen molar-refractivity contribution >= 4 is 82.7 Å². The Bertz CT molecular complexity index is 3450. The molecule has 5 heteroatoms. The van der Waals surface area contributed by atoms with Crippen LogP contribution in [0.2, 0.25) is 0 Å². The van der Waals surface area contributed by atoms with Crippen LogP contribution in [0.25, 0.3) is 93.9 Å². The first-order chi connectivity index (χ1) is 28.7. The maximum absolute atomic E-state index is 6.41. The molecule has 12 rings (SSSR count). The fraction of sp³-hybridized carbons (Fsp3) is 0. The van der Waals surface area contributed by atoms with E-state index in [1.165, 1.54) is 21.8 Å². The summed E-state index contributed by atoms with van der Waals surface area (Å²) in [6, 6.07) is 70.5. The monoisotopic (exact) mass is 743 g/mol. The fourth-order valence-electron chi connectivity index (χ4n) is 8.74. The molecule has 0 bridgehead atoms. The number of aromatic nitrogens is 2. The summed E-state index contributed by atoms with van der Waals surface area (Å²) >= 11 is 0. The van der Waals surface area contributed by atoms with E-state index in [9.17, 15) is 0 Å². The lowest BCUT2D eigenvalue weighted by molar-refractivity contribution is 0.623. The van der Waals surface area contributed by atoms with Crippen LogP contribution in [0.3, 0.4) is 0 Å². The molecule has 5 nitrogen and oxygen atoms in total. The van der Waals surface area contributed by atoms with Crippen LogP contribution < -0.4 is 4.90 Å². The van der Waals surface area contributed by atoms with Gasteiger partial charge in [-0.15, -0.1) is 0 Å². The predicted octanol–water partition coefficient (Wildman–Crippen LogP) is 14.8. The highest BCUT2D eigenvalue weighted by Crippen LogP contribution is 2.42. The molecule has 0 saturated heterocycles. The number of furan rings is 1. The maximum atomic E-state index is 6.41. The molecule has 0 aliphatic heterocycles. The third-order valence-electron chi connectivity index (χ3n) is 11.4. The maximum Gasteiger partial charge on any atom is 0.227 e. The Kier molecular flexibility index (Phi) is 7.16. The molecule has 0 aliphatic rings. The first-order valence-electron chi connectivity index (χ1n) is 19.5. The highest BCUT2D eigenvalue weighted by Gasteiger charge is 2.19. The van der Waals surface area contributed by atoms with Crippen molar-refractivity contribution < 1.29 is 8.83 Å².